The third kappa shape index (κ3) is 6.66. The van der Waals surface area contributed by atoms with E-state index in [1.54, 1.807) is 0 Å². The maximum atomic E-state index is 5.88. The minimum Gasteiger partial charge on any atom is -0.328 e. The van der Waals surface area contributed by atoms with E-state index in [9.17, 15) is 0 Å². The van der Waals surface area contributed by atoms with E-state index in [1.807, 2.05) is 0 Å². The zero-order chi connectivity index (χ0) is 9.40. The fourth-order valence-corrected chi connectivity index (χ4v) is 1.54. The number of nitrogens with two attached hydrogens (primary N) is 1. The average Bonchev–Trinajstić information content (AvgIpc) is 2.05. The first kappa shape index (κ1) is 12.0. The molecule has 0 bridgehead atoms. The third-order valence-corrected chi connectivity index (χ3v) is 2.53. The summed E-state index contributed by atoms with van der Waals surface area (Å²) in [5.41, 5.74) is 5.88. The Morgan fingerprint density at radius 2 is 1.83 bits per heavy atom. The van der Waals surface area contributed by atoms with E-state index in [1.165, 1.54) is 32.1 Å². The first-order valence-corrected chi connectivity index (χ1v) is 5.46. The van der Waals surface area contributed by atoms with Gasteiger partial charge in [-0.25, -0.2) is 0 Å². The van der Waals surface area contributed by atoms with Crippen LogP contribution in [-0.4, -0.2) is 6.04 Å². The van der Waals surface area contributed by atoms with Crippen LogP contribution < -0.4 is 5.73 Å². The molecule has 0 aliphatic rings. The molecule has 0 heterocycles. The van der Waals surface area contributed by atoms with Crippen LogP contribution in [0.1, 0.15) is 59.3 Å². The highest BCUT2D eigenvalue weighted by molar-refractivity contribution is 4.63. The second-order valence-corrected chi connectivity index (χ2v) is 4.00. The minimum atomic E-state index is 0.432. The molecule has 0 radical (unpaired) electrons. The molecule has 2 atom stereocenters. The van der Waals surface area contributed by atoms with E-state index in [2.05, 4.69) is 20.8 Å². The molecule has 0 aliphatic carbocycles. The Labute approximate surface area is 77.7 Å². The molecule has 0 aromatic carbocycles. The maximum absolute atomic E-state index is 5.88. The molecule has 1 nitrogen and oxygen atoms in total. The van der Waals surface area contributed by atoms with Crippen molar-refractivity contribution in [3.05, 3.63) is 0 Å². The SMILES string of the molecule is CCCCCC(C)CC(N)CC. The molecule has 0 amide bonds. The molecule has 12 heavy (non-hydrogen) atoms. The van der Waals surface area contributed by atoms with Crippen LogP contribution in [0, 0.1) is 5.92 Å². The van der Waals surface area contributed by atoms with Gasteiger partial charge in [0, 0.05) is 6.04 Å². The summed E-state index contributed by atoms with van der Waals surface area (Å²) in [7, 11) is 0. The lowest BCUT2D eigenvalue weighted by atomic mass is 9.95. The van der Waals surface area contributed by atoms with E-state index in [4.69, 9.17) is 5.73 Å². The predicted octanol–water partition coefficient (Wildman–Crippen LogP) is 3.33. The molecule has 0 fully saturated rings. The molecule has 0 saturated heterocycles. The highest BCUT2D eigenvalue weighted by Gasteiger charge is 2.06. The van der Waals surface area contributed by atoms with Gasteiger partial charge in [0.15, 0.2) is 0 Å². The van der Waals surface area contributed by atoms with Crippen molar-refractivity contribution in [2.75, 3.05) is 0 Å². The smallest absolute Gasteiger partial charge is 0.00387 e. The maximum Gasteiger partial charge on any atom is 0.00387 e. The van der Waals surface area contributed by atoms with Crippen molar-refractivity contribution in [1.82, 2.24) is 0 Å². The Kier molecular flexibility index (Phi) is 7.58. The Bertz CT molecular complexity index is 91.0. The van der Waals surface area contributed by atoms with Gasteiger partial charge in [0.1, 0.15) is 0 Å². The molecule has 0 aromatic heterocycles. The summed E-state index contributed by atoms with van der Waals surface area (Å²) in [4.78, 5) is 0. The molecule has 0 aromatic rings. The molecular weight excluding hydrogens is 146 g/mol. The summed E-state index contributed by atoms with van der Waals surface area (Å²) >= 11 is 0. The van der Waals surface area contributed by atoms with Crippen LogP contribution in [0.5, 0.6) is 0 Å². The van der Waals surface area contributed by atoms with Crippen molar-refractivity contribution in [2.45, 2.75) is 65.3 Å². The molecule has 0 saturated carbocycles. The second-order valence-electron chi connectivity index (χ2n) is 4.00. The van der Waals surface area contributed by atoms with Crippen molar-refractivity contribution in [3.8, 4) is 0 Å². The van der Waals surface area contributed by atoms with Crippen LogP contribution in [0.2, 0.25) is 0 Å². The van der Waals surface area contributed by atoms with E-state index in [0.29, 0.717) is 6.04 Å². The van der Waals surface area contributed by atoms with Gasteiger partial charge in [0.05, 0.1) is 0 Å². The van der Waals surface area contributed by atoms with Crippen molar-refractivity contribution < 1.29 is 0 Å². The lowest BCUT2D eigenvalue weighted by Crippen LogP contribution is -2.21. The average molecular weight is 171 g/mol. The number of rotatable bonds is 7. The standard InChI is InChI=1S/C11H25N/c1-4-6-7-8-10(3)9-11(12)5-2/h10-11H,4-9,12H2,1-3H3. The third-order valence-electron chi connectivity index (χ3n) is 2.53. The first-order chi connectivity index (χ1) is 5.70. The zero-order valence-electron chi connectivity index (χ0n) is 8.97. The van der Waals surface area contributed by atoms with Crippen LogP contribution in [-0.2, 0) is 0 Å². The van der Waals surface area contributed by atoms with Crippen molar-refractivity contribution >= 4 is 0 Å². The summed E-state index contributed by atoms with van der Waals surface area (Å²) < 4.78 is 0. The quantitative estimate of drug-likeness (QED) is 0.584. The Hall–Kier alpha value is -0.0400. The largest absolute Gasteiger partial charge is 0.328 e. The summed E-state index contributed by atoms with van der Waals surface area (Å²) in [6, 6.07) is 0.432. The topological polar surface area (TPSA) is 26.0 Å². The molecular formula is C11H25N. The van der Waals surface area contributed by atoms with Gasteiger partial charge in [-0.05, 0) is 18.8 Å². The first-order valence-electron chi connectivity index (χ1n) is 5.46. The lowest BCUT2D eigenvalue weighted by Gasteiger charge is -2.15. The lowest BCUT2D eigenvalue weighted by molar-refractivity contribution is 0.415. The second kappa shape index (κ2) is 7.60. The number of hydrogen-bond donors (Lipinski definition) is 1. The molecule has 1 heteroatoms. The fourth-order valence-electron chi connectivity index (χ4n) is 1.54. The van der Waals surface area contributed by atoms with Crippen molar-refractivity contribution in [2.24, 2.45) is 11.7 Å². The van der Waals surface area contributed by atoms with Gasteiger partial charge in [-0.3, -0.25) is 0 Å². The summed E-state index contributed by atoms with van der Waals surface area (Å²) in [6.45, 7) is 6.75. The van der Waals surface area contributed by atoms with Gasteiger partial charge in [0.25, 0.3) is 0 Å². The van der Waals surface area contributed by atoms with Gasteiger partial charge < -0.3 is 5.73 Å². The summed E-state index contributed by atoms with van der Waals surface area (Å²) in [5.74, 6) is 0.825. The van der Waals surface area contributed by atoms with Crippen LogP contribution in [0.4, 0.5) is 0 Å². The molecule has 2 unspecified atom stereocenters. The normalized spacial score (nSPS) is 16.0. The predicted molar refractivity (Wildman–Crippen MR) is 56.2 cm³/mol. The van der Waals surface area contributed by atoms with E-state index < -0.39 is 0 Å². The molecule has 0 spiro atoms. The van der Waals surface area contributed by atoms with Crippen molar-refractivity contribution in [1.29, 1.82) is 0 Å². The van der Waals surface area contributed by atoms with Crippen LogP contribution in [0.25, 0.3) is 0 Å². The Morgan fingerprint density at radius 1 is 1.17 bits per heavy atom. The number of unbranched alkanes of at least 4 members (excludes halogenated alkanes) is 2. The Morgan fingerprint density at radius 3 is 2.33 bits per heavy atom. The summed E-state index contributed by atoms with van der Waals surface area (Å²) in [5, 5.41) is 0. The minimum absolute atomic E-state index is 0.432. The highest BCUT2D eigenvalue weighted by atomic mass is 14.6. The highest BCUT2D eigenvalue weighted by Crippen LogP contribution is 2.15. The van der Waals surface area contributed by atoms with Crippen LogP contribution >= 0.6 is 0 Å². The van der Waals surface area contributed by atoms with E-state index in [0.717, 1.165) is 12.3 Å². The van der Waals surface area contributed by atoms with Gasteiger partial charge >= 0.3 is 0 Å². The molecule has 74 valence electrons. The van der Waals surface area contributed by atoms with E-state index in [-0.39, 0.29) is 0 Å². The molecule has 0 rings (SSSR count). The molecule has 0 aliphatic heterocycles. The summed E-state index contributed by atoms with van der Waals surface area (Å²) in [6.07, 6.45) is 7.78. The van der Waals surface area contributed by atoms with Gasteiger partial charge in [-0.2, -0.15) is 0 Å². The fraction of sp³-hybridized carbons (Fsp3) is 1.00. The Balaban J connectivity index is 3.26. The monoisotopic (exact) mass is 171 g/mol. The van der Waals surface area contributed by atoms with Gasteiger partial charge in [0.2, 0.25) is 0 Å². The van der Waals surface area contributed by atoms with Gasteiger partial charge in [-0.15, -0.1) is 0 Å². The number of hydrogen-bond acceptors (Lipinski definition) is 1. The molecule has 2 N–H and O–H groups in total. The van der Waals surface area contributed by atoms with Gasteiger partial charge in [-0.1, -0.05) is 46.5 Å². The van der Waals surface area contributed by atoms with Crippen LogP contribution in [0.15, 0.2) is 0 Å². The van der Waals surface area contributed by atoms with E-state index >= 15 is 0 Å². The van der Waals surface area contributed by atoms with Crippen molar-refractivity contribution in [3.63, 3.8) is 0 Å². The van der Waals surface area contributed by atoms with Crippen LogP contribution in [0.3, 0.4) is 0 Å². The zero-order valence-corrected chi connectivity index (χ0v) is 8.97.